The summed E-state index contributed by atoms with van der Waals surface area (Å²) in [5, 5.41) is 5.03. The Morgan fingerprint density at radius 1 is 1.21 bits per heavy atom. The third-order valence-corrected chi connectivity index (χ3v) is 5.32. The molecule has 2 nitrogen and oxygen atoms in total. The Bertz CT molecular complexity index is 397. The van der Waals surface area contributed by atoms with Crippen LogP contribution >= 0.6 is 11.3 Å². The molecule has 108 valence electrons. The molecular formula is C16H28N2S. The molecule has 1 aromatic heterocycles. The predicted molar refractivity (Wildman–Crippen MR) is 83.9 cm³/mol. The Morgan fingerprint density at radius 2 is 1.89 bits per heavy atom. The number of hydrogen-bond acceptors (Lipinski definition) is 3. The molecule has 1 aliphatic rings. The highest BCUT2D eigenvalue weighted by atomic mass is 32.1. The lowest BCUT2D eigenvalue weighted by molar-refractivity contribution is 0.317. The molecule has 2 unspecified atom stereocenters. The maximum atomic E-state index is 4.72. The standard InChI is InChI=1S/C16H28N2S/c1-11-12(2)19-15(18-11)9-13-7-6-8-14(13)10-17-16(3,4)5/h13-14,17H,6-10H2,1-5H3. The Kier molecular flexibility index (Phi) is 4.67. The molecule has 0 aromatic carbocycles. The van der Waals surface area contributed by atoms with E-state index in [0.29, 0.717) is 0 Å². The molecule has 19 heavy (non-hydrogen) atoms. The molecule has 1 fully saturated rings. The van der Waals surface area contributed by atoms with E-state index >= 15 is 0 Å². The summed E-state index contributed by atoms with van der Waals surface area (Å²) in [7, 11) is 0. The Morgan fingerprint density at radius 3 is 2.47 bits per heavy atom. The van der Waals surface area contributed by atoms with Gasteiger partial charge in [-0.05, 0) is 65.8 Å². The van der Waals surface area contributed by atoms with E-state index in [0.717, 1.165) is 18.4 Å². The summed E-state index contributed by atoms with van der Waals surface area (Å²) in [6, 6.07) is 0. The van der Waals surface area contributed by atoms with Gasteiger partial charge in [-0.15, -0.1) is 11.3 Å². The van der Waals surface area contributed by atoms with Crippen LogP contribution in [-0.2, 0) is 6.42 Å². The second-order valence-corrected chi connectivity index (χ2v) is 8.32. The van der Waals surface area contributed by atoms with Crippen LogP contribution in [0, 0.1) is 25.7 Å². The third-order valence-electron chi connectivity index (χ3n) is 4.22. The number of nitrogens with one attached hydrogen (secondary N) is 1. The normalized spacial score (nSPS) is 24.1. The number of rotatable bonds is 4. The summed E-state index contributed by atoms with van der Waals surface area (Å²) in [5.74, 6) is 1.67. The first-order chi connectivity index (χ1) is 8.85. The molecule has 0 radical (unpaired) electrons. The molecule has 3 heteroatoms. The van der Waals surface area contributed by atoms with E-state index in [-0.39, 0.29) is 5.54 Å². The molecule has 0 amide bonds. The lowest BCUT2D eigenvalue weighted by Gasteiger charge is -2.26. The topological polar surface area (TPSA) is 24.9 Å². The van der Waals surface area contributed by atoms with Crippen molar-refractivity contribution in [2.75, 3.05) is 6.54 Å². The van der Waals surface area contributed by atoms with Crippen LogP contribution in [0.1, 0.15) is 55.6 Å². The lowest BCUT2D eigenvalue weighted by atomic mass is 9.92. The molecule has 1 heterocycles. The van der Waals surface area contributed by atoms with Gasteiger partial charge in [0.2, 0.25) is 0 Å². The molecule has 1 saturated carbocycles. The van der Waals surface area contributed by atoms with Crippen molar-refractivity contribution in [1.29, 1.82) is 0 Å². The van der Waals surface area contributed by atoms with Gasteiger partial charge in [0.25, 0.3) is 0 Å². The maximum Gasteiger partial charge on any atom is 0.0933 e. The van der Waals surface area contributed by atoms with Gasteiger partial charge in [0.15, 0.2) is 0 Å². The van der Waals surface area contributed by atoms with Gasteiger partial charge in [-0.25, -0.2) is 4.98 Å². The van der Waals surface area contributed by atoms with Gasteiger partial charge in [0, 0.05) is 16.8 Å². The van der Waals surface area contributed by atoms with E-state index in [9.17, 15) is 0 Å². The molecule has 1 aromatic rings. The molecule has 2 rings (SSSR count). The first kappa shape index (κ1) is 15.0. The van der Waals surface area contributed by atoms with Gasteiger partial charge in [-0.3, -0.25) is 0 Å². The Balaban J connectivity index is 1.91. The highest BCUT2D eigenvalue weighted by Gasteiger charge is 2.29. The SMILES string of the molecule is Cc1nc(CC2CCCC2CNC(C)(C)C)sc1C. The molecule has 2 atom stereocenters. The summed E-state index contributed by atoms with van der Waals surface area (Å²) < 4.78 is 0. The van der Waals surface area contributed by atoms with E-state index in [2.05, 4.69) is 39.9 Å². The zero-order chi connectivity index (χ0) is 14.0. The number of hydrogen-bond donors (Lipinski definition) is 1. The Labute approximate surface area is 122 Å². The second kappa shape index (κ2) is 5.92. The van der Waals surface area contributed by atoms with Crippen molar-refractivity contribution < 1.29 is 0 Å². The lowest BCUT2D eigenvalue weighted by Crippen LogP contribution is -2.40. The number of aromatic nitrogens is 1. The summed E-state index contributed by atoms with van der Waals surface area (Å²) in [5.41, 5.74) is 1.46. The van der Waals surface area contributed by atoms with Crippen molar-refractivity contribution >= 4 is 11.3 Å². The van der Waals surface area contributed by atoms with E-state index in [1.165, 1.54) is 41.3 Å². The highest BCUT2D eigenvalue weighted by Crippen LogP contribution is 2.35. The van der Waals surface area contributed by atoms with Crippen molar-refractivity contribution in [3.05, 3.63) is 15.6 Å². The highest BCUT2D eigenvalue weighted by molar-refractivity contribution is 7.11. The van der Waals surface area contributed by atoms with Crippen LogP contribution in [0.25, 0.3) is 0 Å². The molecule has 0 bridgehead atoms. The summed E-state index contributed by atoms with van der Waals surface area (Å²) in [6.45, 7) is 12.2. The minimum Gasteiger partial charge on any atom is -0.312 e. The van der Waals surface area contributed by atoms with Gasteiger partial charge in [0.05, 0.1) is 10.7 Å². The monoisotopic (exact) mass is 280 g/mol. The van der Waals surface area contributed by atoms with Gasteiger partial charge < -0.3 is 5.32 Å². The van der Waals surface area contributed by atoms with Crippen LogP contribution in [0.3, 0.4) is 0 Å². The summed E-state index contributed by atoms with van der Waals surface area (Å²) in [4.78, 5) is 6.10. The van der Waals surface area contributed by atoms with E-state index in [1.54, 1.807) is 0 Å². The quantitative estimate of drug-likeness (QED) is 0.898. The van der Waals surface area contributed by atoms with Crippen molar-refractivity contribution in [2.45, 2.75) is 65.8 Å². The van der Waals surface area contributed by atoms with Crippen LogP contribution in [0.5, 0.6) is 0 Å². The van der Waals surface area contributed by atoms with Crippen LogP contribution in [-0.4, -0.2) is 17.1 Å². The molecule has 1 aliphatic carbocycles. The fourth-order valence-corrected chi connectivity index (χ4v) is 3.97. The first-order valence-corrected chi connectivity index (χ1v) is 8.35. The summed E-state index contributed by atoms with van der Waals surface area (Å²) in [6.07, 6.45) is 5.35. The average molecular weight is 280 g/mol. The minimum absolute atomic E-state index is 0.238. The van der Waals surface area contributed by atoms with E-state index in [4.69, 9.17) is 4.98 Å². The fourth-order valence-electron chi connectivity index (χ4n) is 2.94. The average Bonchev–Trinajstić information content (AvgIpc) is 2.84. The molecule has 0 spiro atoms. The minimum atomic E-state index is 0.238. The van der Waals surface area contributed by atoms with Gasteiger partial charge in [0.1, 0.15) is 0 Å². The zero-order valence-electron chi connectivity index (χ0n) is 13.0. The van der Waals surface area contributed by atoms with Crippen molar-refractivity contribution in [3.8, 4) is 0 Å². The Hall–Kier alpha value is -0.410. The van der Waals surface area contributed by atoms with Gasteiger partial charge >= 0.3 is 0 Å². The summed E-state index contributed by atoms with van der Waals surface area (Å²) >= 11 is 1.90. The molecule has 0 aliphatic heterocycles. The van der Waals surface area contributed by atoms with Crippen molar-refractivity contribution in [1.82, 2.24) is 10.3 Å². The van der Waals surface area contributed by atoms with Crippen molar-refractivity contribution in [2.24, 2.45) is 11.8 Å². The van der Waals surface area contributed by atoms with Gasteiger partial charge in [-0.2, -0.15) is 0 Å². The van der Waals surface area contributed by atoms with E-state index in [1.807, 2.05) is 11.3 Å². The largest absolute Gasteiger partial charge is 0.312 e. The second-order valence-electron chi connectivity index (χ2n) is 7.04. The van der Waals surface area contributed by atoms with Crippen LogP contribution in [0.4, 0.5) is 0 Å². The fraction of sp³-hybridized carbons (Fsp3) is 0.812. The smallest absolute Gasteiger partial charge is 0.0933 e. The number of nitrogens with zero attached hydrogens (tertiary/aromatic N) is 1. The zero-order valence-corrected chi connectivity index (χ0v) is 13.9. The van der Waals surface area contributed by atoms with Crippen LogP contribution in [0.2, 0.25) is 0 Å². The number of aryl methyl sites for hydroxylation is 2. The van der Waals surface area contributed by atoms with Crippen LogP contribution in [0.15, 0.2) is 0 Å². The third kappa shape index (κ3) is 4.28. The first-order valence-electron chi connectivity index (χ1n) is 7.53. The maximum absolute atomic E-state index is 4.72. The number of thiazole rings is 1. The van der Waals surface area contributed by atoms with Gasteiger partial charge in [-0.1, -0.05) is 6.42 Å². The molecule has 0 saturated heterocycles. The van der Waals surface area contributed by atoms with Crippen molar-refractivity contribution in [3.63, 3.8) is 0 Å². The van der Waals surface area contributed by atoms with E-state index < -0.39 is 0 Å². The molecular weight excluding hydrogens is 252 g/mol. The molecule has 1 N–H and O–H groups in total. The predicted octanol–water partition coefficient (Wildman–Crippen LogP) is 4.11. The van der Waals surface area contributed by atoms with Crippen LogP contribution < -0.4 is 5.32 Å².